The third-order valence-electron chi connectivity index (χ3n) is 4.28. The average Bonchev–Trinajstić information content (AvgIpc) is 2.63. The van der Waals surface area contributed by atoms with Crippen molar-refractivity contribution in [3.63, 3.8) is 0 Å². The minimum Gasteiger partial charge on any atom is -0.316 e. The molecule has 19 heavy (non-hydrogen) atoms. The molecule has 0 aliphatic heterocycles. The van der Waals surface area contributed by atoms with Gasteiger partial charge in [0.25, 0.3) is 0 Å². The third-order valence-corrected chi connectivity index (χ3v) is 4.28. The van der Waals surface area contributed by atoms with E-state index in [-0.39, 0.29) is 11.2 Å². The lowest BCUT2D eigenvalue weighted by atomic mass is 9.74. The maximum absolute atomic E-state index is 14.2. The fourth-order valence-corrected chi connectivity index (χ4v) is 3.23. The SMILES string of the molecule is CCNCC1(c2ccc(F)cc2F)CCCCCC1. The van der Waals surface area contributed by atoms with Gasteiger partial charge in [0.1, 0.15) is 11.6 Å². The average molecular weight is 267 g/mol. The molecule has 1 saturated carbocycles. The number of rotatable bonds is 4. The Morgan fingerprint density at radius 2 is 1.79 bits per heavy atom. The van der Waals surface area contributed by atoms with Gasteiger partial charge >= 0.3 is 0 Å². The number of halogens is 2. The number of benzene rings is 1. The van der Waals surface area contributed by atoms with Gasteiger partial charge in [0.15, 0.2) is 0 Å². The van der Waals surface area contributed by atoms with E-state index in [1.54, 1.807) is 6.07 Å². The summed E-state index contributed by atoms with van der Waals surface area (Å²) in [4.78, 5) is 0. The molecule has 1 nitrogen and oxygen atoms in total. The van der Waals surface area contributed by atoms with Gasteiger partial charge in [-0.15, -0.1) is 0 Å². The molecule has 0 unspecified atom stereocenters. The molecule has 0 heterocycles. The van der Waals surface area contributed by atoms with Crippen molar-refractivity contribution in [1.29, 1.82) is 0 Å². The molecule has 0 bridgehead atoms. The largest absolute Gasteiger partial charge is 0.316 e. The van der Waals surface area contributed by atoms with Crippen LogP contribution in [0.4, 0.5) is 8.78 Å². The van der Waals surface area contributed by atoms with E-state index in [1.165, 1.54) is 18.9 Å². The topological polar surface area (TPSA) is 12.0 Å². The molecule has 2 rings (SSSR count). The van der Waals surface area contributed by atoms with E-state index in [0.29, 0.717) is 5.56 Å². The van der Waals surface area contributed by atoms with Crippen molar-refractivity contribution in [1.82, 2.24) is 5.32 Å². The van der Waals surface area contributed by atoms with Gasteiger partial charge in [0.05, 0.1) is 0 Å². The van der Waals surface area contributed by atoms with Gasteiger partial charge in [0, 0.05) is 18.0 Å². The van der Waals surface area contributed by atoms with Crippen LogP contribution in [0.3, 0.4) is 0 Å². The second-order valence-electron chi connectivity index (χ2n) is 5.60. The van der Waals surface area contributed by atoms with Crippen molar-refractivity contribution < 1.29 is 8.78 Å². The zero-order valence-electron chi connectivity index (χ0n) is 11.6. The summed E-state index contributed by atoms with van der Waals surface area (Å²) in [6.07, 6.45) is 6.67. The van der Waals surface area contributed by atoms with Gasteiger partial charge in [-0.2, -0.15) is 0 Å². The zero-order valence-corrected chi connectivity index (χ0v) is 11.6. The highest BCUT2D eigenvalue weighted by molar-refractivity contribution is 5.28. The Kier molecular flexibility index (Phi) is 4.92. The summed E-state index contributed by atoms with van der Waals surface area (Å²) < 4.78 is 27.3. The molecule has 1 fully saturated rings. The fourth-order valence-electron chi connectivity index (χ4n) is 3.23. The smallest absolute Gasteiger partial charge is 0.129 e. The molecular formula is C16H23F2N. The van der Waals surface area contributed by atoms with Crippen LogP contribution in [0.2, 0.25) is 0 Å². The first-order valence-electron chi connectivity index (χ1n) is 7.34. The predicted molar refractivity (Wildman–Crippen MR) is 74.3 cm³/mol. The lowest BCUT2D eigenvalue weighted by molar-refractivity contribution is 0.336. The maximum Gasteiger partial charge on any atom is 0.129 e. The number of hydrogen-bond acceptors (Lipinski definition) is 1. The quantitative estimate of drug-likeness (QED) is 0.807. The van der Waals surface area contributed by atoms with E-state index in [1.807, 2.05) is 0 Å². The van der Waals surface area contributed by atoms with Crippen LogP contribution < -0.4 is 5.32 Å². The van der Waals surface area contributed by atoms with Crippen molar-refractivity contribution in [2.75, 3.05) is 13.1 Å². The van der Waals surface area contributed by atoms with E-state index in [0.717, 1.165) is 44.8 Å². The Balaban J connectivity index is 2.34. The van der Waals surface area contributed by atoms with Crippen molar-refractivity contribution in [3.05, 3.63) is 35.4 Å². The Labute approximate surface area is 114 Å². The van der Waals surface area contributed by atoms with Crippen LogP contribution in [0.1, 0.15) is 51.0 Å². The first kappa shape index (κ1) is 14.4. The standard InChI is InChI=1S/C16H23F2N/c1-2-19-12-16(9-5-3-4-6-10-16)14-8-7-13(17)11-15(14)18/h7-8,11,19H,2-6,9-10,12H2,1H3. The first-order chi connectivity index (χ1) is 9.18. The van der Waals surface area contributed by atoms with Crippen LogP contribution in [0.5, 0.6) is 0 Å². The lowest BCUT2D eigenvalue weighted by Crippen LogP contribution is -2.38. The van der Waals surface area contributed by atoms with Gasteiger partial charge in [-0.25, -0.2) is 8.78 Å². The second kappa shape index (κ2) is 6.47. The van der Waals surface area contributed by atoms with Crippen molar-refractivity contribution >= 4 is 0 Å². The van der Waals surface area contributed by atoms with Crippen LogP contribution in [0.15, 0.2) is 18.2 Å². The number of likely N-dealkylation sites (N-methyl/N-ethyl adjacent to an activating group) is 1. The third kappa shape index (κ3) is 3.33. The summed E-state index contributed by atoms with van der Waals surface area (Å²) in [6, 6.07) is 4.05. The summed E-state index contributed by atoms with van der Waals surface area (Å²) in [5.41, 5.74) is 0.529. The summed E-state index contributed by atoms with van der Waals surface area (Å²) in [5.74, 6) is -0.881. The Bertz CT molecular complexity index is 409. The molecule has 3 heteroatoms. The molecule has 0 amide bonds. The van der Waals surface area contributed by atoms with E-state index in [4.69, 9.17) is 0 Å². The lowest BCUT2D eigenvalue weighted by Gasteiger charge is -2.34. The highest BCUT2D eigenvalue weighted by Gasteiger charge is 2.34. The molecule has 0 atom stereocenters. The second-order valence-corrected chi connectivity index (χ2v) is 5.60. The van der Waals surface area contributed by atoms with Gasteiger partial charge in [0.2, 0.25) is 0 Å². The minimum absolute atomic E-state index is 0.162. The molecule has 1 N–H and O–H groups in total. The Morgan fingerprint density at radius 1 is 1.11 bits per heavy atom. The molecule has 0 aromatic heterocycles. The van der Waals surface area contributed by atoms with Gasteiger partial charge in [-0.3, -0.25) is 0 Å². The van der Waals surface area contributed by atoms with Crippen molar-refractivity contribution in [2.45, 2.75) is 50.9 Å². The fraction of sp³-hybridized carbons (Fsp3) is 0.625. The normalized spacial score (nSPS) is 19.1. The number of hydrogen-bond donors (Lipinski definition) is 1. The summed E-state index contributed by atoms with van der Waals surface area (Å²) in [5, 5.41) is 3.37. The summed E-state index contributed by atoms with van der Waals surface area (Å²) in [6.45, 7) is 3.72. The molecular weight excluding hydrogens is 244 g/mol. The summed E-state index contributed by atoms with van der Waals surface area (Å²) in [7, 11) is 0. The highest BCUT2D eigenvalue weighted by Crippen LogP contribution is 2.39. The van der Waals surface area contributed by atoms with E-state index >= 15 is 0 Å². The van der Waals surface area contributed by atoms with E-state index < -0.39 is 5.82 Å². The maximum atomic E-state index is 14.2. The monoisotopic (exact) mass is 267 g/mol. The molecule has 1 aromatic carbocycles. The highest BCUT2D eigenvalue weighted by atomic mass is 19.1. The molecule has 106 valence electrons. The Morgan fingerprint density at radius 3 is 2.37 bits per heavy atom. The predicted octanol–water partition coefficient (Wildman–Crippen LogP) is 4.17. The first-order valence-corrected chi connectivity index (χ1v) is 7.34. The molecule has 1 aliphatic carbocycles. The van der Waals surface area contributed by atoms with Gasteiger partial charge < -0.3 is 5.32 Å². The van der Waals surface area contributed by atoms with E-state index in [2.05, 4.69) is 12.2 Å². The van der Waals surface area contributed by atoms with Crippen molar-refractivity contribution in [3.8, 4) is 0 Å². The van der Waals surface area contributed by atoms with Crippen LogP contribution in [0, 0.1) is 11.6 Å². The van der Waals surface area contributed by atoms with Gasteiger partial charge in [-0.05, 0) is 31.0 Å². The van der Waals surface area contributed by atoms with E-state index in [9.17, 15) is 8.78 Å². The molecule has 1 aliphatic rings. The Hall–Kier alpha value is -0.960. The van der Waals surface area contributed by atoms with Crippen LogP contribution in [-0.2, 0) is 5.41 Å². The van der Waals surface area contributed by atoms with Crippen LogP contribution in [0.25, 0.3) is 0 Å². The number of nitrogens with one attached hydrogen (secondary N) is 1. The summed E-state index contributed by atoms with van der Waals surface area (Å²) >= 11 is 0. The molecule has 0 saturated heterocycles. The van der Waals surface area contributed by atoms with Crippen molar-refractivity contribution in [2.24, 2.45) is 0 Å². The van der Waals surface area contributed by atoms with Crippen LogP contribution in [-0.4, -0.2) is 13.1 Å². The molecule has 0 spiro atoms. The minimum atomic E-state index is -0.492. The van der Waals surface area contributed by atoms with Gasteiger partial charge in [-0.1, -0.05) is 38.7 Å². The zero-order chi connectivity index (χ0) is 13.7. The molecule has 0 radical (unpaired) electrons. The molecule has 1 aromatic rings. The van der Waals surface area contributed by atoms with Crippen LogP contribution >= 0.6 is 0 Å².